The molecule has 3 aliphatic rings. The van der Waals surface area contributed by atoms with E-state index < -0.39 is 0 Å². The van der Waals surface area contributed by atoms with Crippen LogP contribution in [0.2, 0.25) is 0 Å². The highest BCUT2D eigenvalue weighted by Gasteiger charge is 2.41. The molecule has 11 rings (SSSR count). The Hall–Kier alpha value is -6.32. The highest BCUT2D eigenvalue weighted by Crippen LogP contribution is 2.51. The lowest BCUT2D eigenvalue weighted by molar-refractivity contribution is -0.542. The topological polar surface area (TPSA) is 21.2 Å². The van der Waals surface area contributed by atoms with Gasteiger partial charge in [0.1, 0.15) is 11.4 Å². The predicted molar refractivity (Wildman–Crippen MR) is 229 cm³/mol. The number of hydrogen-bond acceptors (Lipinski definition) is 1. The molecular formula is C52H42N3+. The van der Waals surface area contributed by atoms with Crippen molar-refractivity contribution in [1.82, 2.24) is 4.57 Å². The number of aryl methyl sites for hydroxylation is 1. The summed E-state index contributed by atoms with van der Waals surface area (Å²) >= 11 is 0. The van der Waals surface area contributed by atoms with Gasteiger partial charge < -0.3 is 0 Å². The third-order valence-corrected chi connectivity index (χ3v) is 12.9. The molecule has 2 unspecified atom stereocenters. The predicted octanol–water partition coefficient (Wildman–Crippen LogP) is 12.1. The first-order valence-electron chi connectivity index (χ1n) is 19.6. The first-order chi connectivity index (χ1) is 26.9. The van der Waals surface area contributed by atoms with E-state index in [4.69, 9.17) is 11.6 Å². The molecule has 0 N–H and O–H groups in total. The van der Waals surface area contributed by atoms with Crippen LogP contribution in [0, 0.1) is 0 Å². The van der Waals surface area contributed by atoms with Crippen molar-refractivity contribution in [3.8, 4) is 28.2 Å². The van der Waals surface area contributed by atoms with Crippen LogP contribution in [0.1, 0.15) is 60.4 Å². The largest absolute Gasteiger partial charge is 0.300 e. The summed E-state index contributed by atoms with van der Waals surface area (Å²) in [4.78, 5) is 5.48. The maximum Gasteiger partial charge on any atom is 0.300 e. The van der Waals surface area contributed by atoms with Gasteiger partial charge >= 0.3 is 0 Å². The summed E-state index contributed by atoms with van der Waals surface area (Å²) in [6.07, 6.45) is 4.58. The van der Waals surface area contributed by atoms with Gasteiger partial charge in [0.2, 0.25) is 0 Å². The van der Waals surface area contributed by atoms with Crippen LogP contribution in [0.4, 0.5) is 0 Å². The zero-order chi connectivity index (χ0) is 37.0. The van der Waals surface area contributed by atoms with Crippen LogP contribution in [0.3, 0.4) is 0 Å². The quantitative estimate of drug-likeness (QED) is 0.159. The fourth-order valence-electron chi connectivity index (χ4n) is 10.3. The van der Waals surface area contributed by atoms with Crippen molar-refractivity contribution in [2.75, 3.05) is 0 Å². The van der Waals surface area contributed by atoms with Gasteiger partial charge in [0.25, 0.3) is 5.82 Å². The summed E-state index contributed by atoms with van der Waals surface area (Å²) in [6.45, 7) is 14.0. The smallest absolute Gasteiger partial charge is 0.280 e. The Kier molecular flexibility index (Phi) is 6.92. The lowest BCUT2D eigenvalue weighted by atomic mass is 9.77. The third-order valence-electron chi connectivity index (χ3n) is 12.9. The zero-order valence-corrected chi connectivity index (χ0v) is 31.4. The van der Waals surface area contributed by atoms with Crippen LogP contribution < -0.4 is 4.57 Å². The van der Waals surface area contributed by atoms with Crippen molar-refractivity contribution < 1.29 is 4.57 Å². The van der Waals surface area contributed by atoms with Crippen LogP contribution in [0.25, 0.3) is 66.5 Å². The molecule has 1 aromatic heterocycles. The Morgan fingerprint density at radius 3 is 2.25 bits per heavy atom. The zero-order valence-electron chi connectivity index (χ0n) is 31.4. The van der Waals surface area contributed by atoms with Gasteiger partial charge in [0, 0.05) is 28.7 Å². The molecule has 0 fully saturated rings. The van der Waals surface area contributed by atoms with Gasteiger partial charge in [-0.1, -0.05) is 142 Å². The number of rotatable bonds is 2. The molecular weight excluding hydrogens is 667 g/mol. The molecule has 3 heteroatoms. The number of aliphatic imine (C=N–C) groups is 1. The van der Waals surface area contributed by atoms with Crippen molar-refractivity contribution in [2.24, 2.45) is 4.99 Å². The van der Waals surface area contributed by atoms with Crippen LogP contribution in [0.15, 0.2) is 164 Å². The fraction of sp³-hybridized carbons (Fsp3) is 0.154. The summed E-state index contributed by atoms with van der Waals surface area (Å²) in [5.41, 5.74) is 16.1. The molecule has 0 saturated carbocycles. The summed E-state index contributed by atoms with van der Waals surface area (Å²) < 4.78 is 5.03. The van der Waals surface area contributed by atoms with Gasteiger partial charge in [-0.3, -0.25) is 4.99 Å². The molecule has 1 aliphatic carbocycles. The van der Waals surface area contributed by atoms with Gasteiger partial charge in [-0.2, -0.15) is 9.13 Å². The molecule has 2 aliphatic heterocycles. The SMILES string of the molecule is C=CC1=NC2CC(=C)[n+]3c(n(-c4cccc5ccccc45)c4cc5ccccc5cc43)-c3cc4c(cc3CCC2c2ccccc21)C(C)(C)c1ccccc1-4. The standard InChI is InChI=1S/C52H42N3/c1-5-46-40-22-11-10-20-38(40)41-26-25-36-28-45-43(39-21-12-13-23-44(39)52(45,3)4)31-42(36)51-54(32(2)27-47(41)53-46)49-29-34-16-6-7-17-35(34)30-50(49)55(51)48-24-14-18-33-15-8-9-19-37(33)48/h5-24,28-31,41,47H,1-2,25-27H2,3-4H3/q+1. The summed E-state index contributed by atoms with van der Waals surface area (Å²) in [7, 11) is 0. The van der Waals surface area contributed by atoms with Crippen molar-refractivity contribution in [1.29, 1.82) is 0 Å². The first-order valence-corrected chi connectivity index (χ1v) is 19.6. The van der Waals surface area contributed by atoms with Gasteiger partial charge in [0.15, 0.2) is 11.0 Å². The summed E-state index contributed by atoms with van der Waals surface area (Å²) in [5.74, 6) is 1.39. The summed E-state index contributed by atoms with van der Waals surface area (Å²) in [5, 5.41) is 4.88. The van der Waals surface area contributed by atoms with Crippen LogP contribution in [-0.2, 0) is 11.8 Å². The molecule has 0 bridgehead atoms. The molecule has 0 spiro atoms. The molecule has 2 atom stereocenters. The second-order valence-electron chi connectivity index (χ2n) is 16.2. The number of hydrogen-bond donors (Lipinski definition) is 0. The third kappa shape index (κ3) is 4.62. The summed E-state index contributed by atoms with van der Waals surface area (Å²) in [6, 6.07) is 52.0. The van der Waals surface area contributed by atoms with Gasteiger partial charge in [-0.05, 0) is 92.7 Å². The number of benzene rings is 7. The van der Waals surface area contributed by atoms with Crippen molar-refractivity contribution >= 4 is 44.0 Å². The number of fused-ring (bicyclic) bond motifs is 13. The molecule has 8 aromatic rings. The Morgan fingerprint density at radius 1 is 0.709 bits per heavy atom. The highest BCUT2D eigenvalue weighted by atomic mass is 15.2. The highest BCUT2D eigenvalue weighted by molar-refractivity contribution is 6.10. The fourth-order valence-corrected chi connectivity index (χ4v) is 10.3. The van der Waals surface area contributed by atoms with Gasteiger partial charge in [-0.25, -0.2) is 0 Å². The maximum atomic E-state index is 5.48. The normalized spacial score (nSPS) is 18.1. The molecule has 7 aromatic carbocycles. The minimum atomic E-state index is -0.112. The van der Waals surface area contributed by atoms with E-state index in [1.807, 2.05) is 6.08 Å². The number of aromatic nitrogens is 2. The minimum Gasteiger partial charge on any atom is -0.280 e. The second kappa shape index (κ2) is 11.8. The van der Waals surface area contributed by atoms with E-state index in [1.54, 1.807) is 0 Å². The van der Waals surface area contributed by atoms with E-state index in [2.05, 4.69) is 169 Å². The number of nitrogens with zero attached hydrogens (tertiary/aromatic N) is 3. The van der Waals surface area contributed by atoms with Crippen LogP contribution in [-0.4, -0.2) is 16.3 Å². The number of allylic oxidation sites excluding steroid dienone is 1. The Balaban J connectivity index is 1.29. The monoisotopic (exact) mass is 708 g/mol. The Labute approximate surface area is 322 Å². The van der Waals surface area contributed by atoms with Crippen molar-refractivity contribution in [3.05, 3.63) is 187 Å². The average molecular weight is 709 g/mol. The molecule has 3 nitrogen and oxygen atoms in total. The lowest BCUT2D eigenvalue weighted by Crippen LogP contribution is -2.38. The van der Waals surface area contributed by atoms with Crippen LogP contribution >= 0.6 is 0 Å². The van der Waals surface area contributed by atoms with Crippen LogP contribution in [0.5, 0.6) is 0 Å². The van der Waals surface area contributed by atoms with E-state index in [-0.39, 0.29) is 17.4 Å². The molecule has 0 amide bonds. The average Bonchev–Trinajstić information content (AvgIpc) is 3.66. The van der Waals surface area contributed by atoms with E-state index >= 15 is 0 Å². The molecule has 55 heavy (non-hydrogen) atoms. The molecule has 3 heterocycles. The Morgan fingerprint density at radius 2 is 1.42 bits per heavy atom. The van der Waals surface area contributed by atoms with Crippen molar-refractivity contribution in [2.45, 2.75) is 50.5 Å². The van der Waals surface area contributed by atoms with E-state index in [9.17, 15) is 0 Å². The van der Waals surface area contributed by atoms with Crippen molar-refractivity contribution in [3.63, 3.8) is 0 Å². The molecule has 0 radical (unpaired) electrons. The maximum absolute atomic E-state index is 5.48. The minimum absolute atomic E-state index is 0.0313. The van der Waals surface area contributed by atoms with Gasteiger partial charge in [-0.15, -0.1) is 0 Å². The molecule has 0 saturated heterocycles. The Bertz CT molecular complexity index is 2980. The van der Waals surface area contributed by atoms with E-state index in [0.717, 1.165) is 42.0 Å². The second-order valence-corrected chi connectivity index (χ2v) is 16.2. The van der Waals surface area contributed by atoms with E-state index in [1.165, 1.54) is 77.3 Å². The number of imidazole rings is 1. The first kappa shape index (κ1) is 32.1. The van der Waals surface area contributed by atoms with Gasteiger partial charge in [0.05, 0.1) is 17.3 Å². The lowest BCUT2D eigenvalue weighted by Gasteiger charge is -2.32. The molecule has 264 valence electrons. The van der Waals surface area contributed by atoms with E-state index in [0.29, 0.717) is 0 Å².